The van der Waals surface area contributed by atoms with Gasteiger partial charge in [0.05, 0.1) is 6.07 Å². The van der Waals surface area contributed by atoms with E-state index in [1.807, 2.05) is 49.5 Å². The van der Waals surface area contributed by atoms with Gasteiger partial charge in [-0.25, -0.2) is 0 Å². The first-order valence-electron chi connectivity index (χ1n) is 5.12. The molecule has 0 spiro atoms. The third-order valence-electron chi connectivity index (χ3n) is 2.63. The molecule has 0 amide bonds. The summed E-state index contributed by atoms with van der Waals surface area (Å²) >= 11 is 0. The van der Waals surface area contributed by atoms with Crippen LogP contribution in [0.5, 0.6) is 0 Å². The topological polar surface area (TPSA) is 39.9 Å². The van der Waals surface area contributed by atoms with Gasteiger partial charge in [-0.15, -0.1) is 0 Å². The Hall–Kier alpha value is -1.92. The Kier molecular flexibility index (Phi) is 2.84. The lowest BCUT2D eigenvalue weighted by Crippen LogP contribution is -2.18. The number of hydrogen-bond acceptors (Lipinski definition) is 3. The highest BCUT2D eigenvalue weighted by molar-refractivity contribution is 5.85. The van der Waals surface area contributed by atoms with E-state index in [4.69, 9.17) is 0 Å². The van der Waals surface area contributed by atoms with Crippen molar-refractivity contribution >= 4 is 10.8 Å². The van der Waals surface area contributed by atoms with E-state index in [2.05, 4.69) is 11.1 Å². The summed E-state index contributed by atoms with van der Waals surface area (Å²) in [5.41, 5.74) is 0.964. The van der Waals surface area contributed by atoms with Crippen LogP contribution in [0, 0.1) is 11.3 Å². The summed E-state index contributed by atoms with van der Waals surface area (Å²) in [5.74, 6) is 0. The normalized spacial score (nSPS) is 12.6. The second kappa shape index (κ2) is 4.30. The number of nitriles is 1. The van der Waals surface area contributed by atoms with E-state index in [1.54, 1.807) is 6.20 Å². The lowest BCUT2D eigenvalue weighted by atomic mass is 10.0. The zero-order valence-electron chi connectivity index (χ0n) is 9.38. The van der Waals surface area contributed by atoms with E-state index in [0.717, 1.165) is 16.3 Å². The maximum absolute atomic E-state index is 9.19. The van der Waals surface area contributed by atoms with Gasteiger partial charge in [-0.3, -0.25) is 9.88 Å². The first kappa shape index (κ1) is 10.6. The van der Waals surface area contributed by atoms with Gasteiger partial charge in [0.2, 0.25) is 0 Å². The summed E-state index contributed by atoms with van der Waals surface area (Å²) in [6, 6.07) is 10.0. The maximum atomic E-state index is 9.19. The van der Waals surface area contributed by atoms with Crippen LogP contribution in [0.2, 0.25) is 0 Å². The molecular formula is C13H13N3. The quantitative estimate of drug-likeness (QED) is 0.765. The van der Waals surface area contributed by atoms with E-state index >= 15 is 0 Å². The molecule has 0 aliphatic heterocycles. The molecule has 1 aromatic heterocycles. The van der Waals surface area contributed by atoms with E-state index in [-0.39, 0.29) is 6.04 Å². The van der Waals surface area contributed by atoms with Crippen molar-refractivity contribution in [1.29, 1.82) is 5.26 Å². The molecule has 2 aromatic rings. The van der Waals surface area contributed by atoms with Crippen molar-refractivity contribution in [1.82, 2.24) is 9.88 Å². The fraction of sp³-hybridized carbons (Fsp3) is 0.231. The van der Waals surface area contributed by atoms with Gasteiger partial charge in [0.25, 0.3) is 0 Å². The van der Waals surface area contributed by atoms with Crippen molar-refractivity contribution in [2.45, 2.75) is 6.04 Å². The molecule has 0 saturated carbocycles. The second-order valence-electron chi connectivity index (χ2n) is 3.95. The summed E-state index contributed by atoms with van der Waals surface area (Å²) in [7, 11) is 3.80. The molecule has 1 heterocycles. The van der Waals surface area contributed by atoms with Crippen molar-refractivity contribution in [2.24, 2.45) is 0 Å². The average molecular weight is 211 g/mol. The van der Waals surface area contributed by atoms with Crippen LogP contribution in [-0.4, -0.2) is 24.0 Å². The monoisotopic (exact) mass is 211 g/mol. The fourth-order valence-corrected chi connectivity index (χ4v) is 1.82. The molecule has 1 atom stereocenters. The molecule has 16 heavy (non-hydrogen) atoms. The van der Waals surface area contributed by atoms with Gasteiger partial charge in [-0.1, -0.05) is 24.3 Å². The van der Waals surface area contributed by atoms with E-state index in [1.165, 1.54) is 0 Å². The molecule has 0 fully saturated rings. The van der Waals surface area contributed by atoms with Crippen LogP contribution < -0.4 is 0 Å². The largest absolute Gasteiger partial charge is 0.290 e. The predicted molar refractivity (Wildman–Crippen MR) is 63.8 cm³/mol. The van der Waals surface area contributed by atoms with Gasteiger partial charge < -0.3 is 0 Å². The molecule has 80 valence electrons. The molecule has 0 N–H and O–H groups in total. The molecule has 1 aromatic carbocycles. The summed E-state index contributed by atoms with van der Waals surface area (Å²) in [6.07, 6.45) is 3.60. The molecule has 0 aliphatic carbocycles. The van der Waals surface area contributed by atoms with Crippen molar-refractivity contribution < 1.29 is 0 Å². The van der Waals surface area contributed by atoms with E-state index in [0.29, 0.717) is 0 Å². The lowest BCUT2D eigenvalue weighted by molar-refractivity contribution is 0.359. The Morgan fingerprint density at radius 2 is 2.00 bits per heavy atom. The Labute approximate surface area is 94.9 Å². The minimum atomic E-state index is -0.251. The van der Waals surface area contributed by atoms with Crippen molar-refractivity contribution in [2.75, 3.05) is 14.1 Å². The summed E-state index contributed by atoms with van der Waals surface area (Å²) in [5, 5.41) is 11.4. The molecule has 2 rings (SSSR count). The van der Waals surface area contributed by atoms with Gasteiger partial charge >= 0.3 is 0 Å². The summed E-state index contributed by atoms with van der Waals surface area (Å²) in [6.45, 7) is 0. The van der Waals surface area contributed by atoms with Gasteiger partial charge in [-0.2, -0.15) is 5.26 Å². The zero-order valence-corrected chi connectivity index (χ0v) is 9.38. The number of benzene rings is 1. The molecule has 3 nitrogen and oxygen atoms in total. The molecule has 0 radical (unpaired) electrons. The minimum absolute atomic E-state index is 0.251. The van der Waals surface area contributed by atoms with E-state index in [9.17, 15) is 5.26 Å². The minimum Gasteiger partial charge on any atom is -0.290 e. The van der Waals surface area contributed by atoms with Gasteiger partial charge in [0, 0.05) is 23.3 Å². The third-order valence-corrected chi connectivity index (χ3v) is 2.63. The predicted octanol–water partition coefficient (Wildman–Crippen LogP) is 2.36. The maximum Gasteiger partial charge on any atom is 0.125 e. The van der Waals surface area contributed by atoms with Gasteiger partial charge in [0.1, 0.15) is 6.04 Å². The van der Waals surface area contributed by atoms with Crippen LogP contribution in [0.25, 0.3) is 10.8 Å². The zero-order chi connectivity index (χ0) is 11.5. The van der Waals surface area contributed by atoms with Crippen LogP contribution >= 0.6 is 0 Å². The molecule has 0 saturated heterocycles. The number of rotatable bonds is 2. The number of hydrogen-bond donors (Lipinski definition) is 0. The van der Waals surface area contributed by atoms with Crippen molar-refractivity contribution in [3.8, 4) is 6.07 Å². The number of pyridine rings is 1. The number of fused-ring (bicyclic) bond motifs is 1. The van der Waals surface area contributed by atoms with E-state index < -0.39 is 0 Å². The Morgan fingerprint density at radius 3 is 2.69 bits per heavy atom. The SMILES string of the molecule is CN(C)C(C#N)c1cncc2ccccc12. The standard InChI is InChI=1S/C13H13N3/c1-16(2)13(7-14)12-9-15-8-10-5-3-4-6-11(10)12/h3-6,8-9,13H,1-2H3. The Bertz CT molecular complexity index is 535. The fourth-order valence-electron chi connectivity index (χ4n) is 1.82. The highest BCUT2D eigenvalue weighted by atomic mass is 15.1. The Morgan fingerprint density at radius 1 is 1.25 bits per heavy atom. The van der Waals surface area contributed by atoms with Crippen LogP contribution in [0.15, 0.2) is 36.7 Å². The highest BCUT2D eigenvalue weighted by Crippen LogP contribution is 2.25. The average Bonchev–Trinajstić information content (AvgIpc) is 2.30. The second-order valence-corrected chi connectivity index (χ2v) is 3.95. The molecular weight excluding hydrogens is 198 g/mol. The van der Waals surface area contributed by atoms with Crippen LogP contribution in [0.1, 0.15) is 11.6 Å². The van der Waals surface area contributed by atoms with Gasteiger partial charge in [0.15, 0.2) is 0 Å². The number of aromatic nitrogens is 1. The van der Waals surface area contributed by atoms with Gasteiger partial charge in [-0.05, 0) is 19.5 Å². The molecule has 1 unspecified atom stereocenters. The Balaban J connectivity index is 2.65. The number of nitrogens with zero attached hydrogens (tertiary/aromatic N) is 3. The van der Waals surface area contributed by atoms with Crippen LogP contribution in [-0.2, 0) is 0 Å². The molecule has 3 heteroatoms. The summed E-state index contributed by atoms with van der Waals surface area (Å²) < 4.78 is 0. The first-order valence-corrected chi connectivity index (χ1v) is 5.12. The van der Waals surface area contributed by atoms with Crippen LogP contribution in [0.4, 0.5) is 0 Å². The van der Waals surface area contributed by atoms with Crippen molar-refractivity contribution in [3.05, 3.63) is 42.2 Å². The molecule has 0 aliphatic rings. The summed E-state index contributed by atoms with van der Waals surface area (Å²) in [4.78, 5) is 6.08. The lowest BCUT2D eigenvalue weighted by Gasteiger charge is -2.18. The first-order chi connectivity index (χ1) is 7.74. The van der Waals surface area contributed by atoms with Crippen molar-refractivity contribution in [3.63, 3.8) is 0 Å². The van der Waals surface area contributed by atoms with Crippen LogP contribution in [0.3, 0.4) is 0 Å². The highest BCUT2D eigenvalue weighted by Gasteiger charge is 2.15. The molecule has 0 bridgehead atoms. The third kappa shape index (κ3) is 1.75. The smallest absolute Gasteiger partial charge is 0.125 e.